The van der Waals surface area contributed by atoms with Crippen molar-refractivity contribution < 1.29 is 4.74 Å². The number of hydrogen-bond acceptors (Lipinski definition) is 4. The average Bonchev–Trinajstić information content (AvgIpc) is 2.51. The number of nitrogens with zero attached hydrogens (tertiary/aromatic N) is 2. The van der Waals surface area contributed by atoms with Gasteiger partial charge in [-0.15, -0.1) is 0 Å². The Morgan fingerprint density at radius 1 is 1.22 bits per heavy atom. The van der Waals surface area contributed by atoms with Crippen LogP contribution in [-0.4, -0.2) is 41.3 Å². The highest BCUT2D eigenvalue weighted by molar-refractivity contribution is 5.59. The van der Waals surface area contributed by atoms with Gasteiger partial charge < -0.3 is 9.64 Å². The number of aromatic amines is 1. The van der Waals surface area contributed by atoms with E-state index in [1.165, 1.54) is 25.3 Å². The topological polar surface area (TPSA) is 58.2 Å². The minimum absolute atomic E-state index is 0.194. The SMILES string of the molecule is CN(CCCOc1ccc(-c2ccc(=O)[nH]n2)cc1)C1CCC1. The predicted molar refractivity (Wildman–Crippen MR) is 90.7 cm³/mol. The standard InChI is InChI=1S/C18H23N3O2/c1-21(15-4-2-5-15)12-3-13-23-16-8-6-14(7-9-16)17-10-11-18(22)20-19-17/h6-11,15H,2-5,12-13H2,1H3,(H,20,22). The molecule has 3 rings (SSSR count). The first-order valence-electron chi connectivity index (χ1n) is 8.21. The van der Waals surface area contributed by atoms with Gasteiger partial charge in [-0.3, -0.25) is 4.79 Å². The second-order valence-corrected chi connectivity index (χ2v) is 6.10. The van der Waals surface area contributed by atoms with Crippen LogP contribution in [0.3, 0.4) is 0 Å². The molecule has 0 aliphatic heterocycles. The number of nitrogens with one attached hydrogen (secondary N) is 1. The summed E-state index contributed by atoms with van der Waals surface area (Å²) >= 11 is 0. The van der Waals surface area contributed by atoms with Crippen molar-refractivity contribution >= 4 is 0 Å². The molecule has 2 aromatic rings. The molecule has 1 heterocycles. The van der Waals surface area contributed by atoms with Gasteiger partial charge in [-0.05, 0) is 56.6 Å². The van der Waals surface area contributed by atoms with Gasteiger partial charge in [0.25, 0.3) is 5.56 Å². The minimum atomic E-state index is -0.194. The fourth-order valence-corrected chi connectivity index (χ4v) is 2.74. The largest absolute Gasteiger partial charge is 0.494 e. The van der Waals surface area contributed by atoms with Gasteiger partial charge in [0.2, 0.25) is 0 Å². The van der Waals surface area contributed by atoms with E-state index in [-0.39, 0.29) is 5.56 Å². The molecule has 0 saturated heterocycles. The fourth-order valence-electron chi connectivity index (χ4n) is 2.74. The smallest absolute Gasteiger partial charge is 0.264 e. The molecular weight excluding hydrogens is 290 g/mol. The van der Waals surface area contributed by atoms with Gasteiger partial charge >= 0.3 is 0 Å². The summed E-state index contributed by atoms with van der Waals surface area (Å²) in [7, 11) is 2.20. The molecule has 5 heteroatoms. The maximum Gasteiger partial charge on any atom is 0.264 e. The third-order valence-electron chi connectivity index (χ3n) is 4.45. The summed E-state index contributed by atoms with van der Waals surface area (Å²) in [5.74, 6) is 0.865. The average molecular weight is 313 g/mol. The molecule has 0 amide bonds. The van der Waals surface area contributed by atoms with Crippen LogP contribution in [0.2, 0.25) is 0 Å². The maximum absolute atomic E-state index is 11.0. The molecule has 1 aromatic carbocycles. The molecule has 0 atom stereocenters. The zero-order valence-corrected chi connectivity index (χ0v) is 13.5. The van der Waals surface area contributed by atoms with E-state index < -0.39 is 0 Å². The van der Waals surface area contributed by atoms with Crippen molar-refractivity contribution in [1.29, 1.82) is 0 Å². The van der Waals surface area contributed by atoms with Crippen molar-refractivity contribution in [3.05, 3.63) is 46.8 Å². The van der Waals surface area contributed by atoms with Gasteiger partial charge in [-0.1, -0.05) is 6.42 Å². The molecule has 1 aromatic heterocycles. The lowest BCUT2D eigenvalue weighted by molar-refractivity contribution is 0.149. The number of benzene rings is 1. The third-order valence-corrected chi connectivity index (χ3v) is 4.45. The molecule has 0 radical (unpaired) electrons. The summed E-state index contributed by atoms with van der Waals surface area (Å²) in [6, 6.07) is 11.8. The Kier molecular flexibility index (Phi) is 5.08. The summed E-state index contributed by atoms with van der Waals surface area (Å²) in [5.41, 5.74) is 1.51. The van der Waals surface area contributed by atoms with Crippen LogP contribution in [0.1, 0.15) is 25.7 Å². The molecule has 122 valence electrons. The van der Waals surface area contributed by atoms with Crippen molar-refractivity contribution in [1.82, 2.24) is 15.1 Å². The minimum Gasteiger partial charge on any atom is -0.494 e. The Balaban J connectivity index is 1.45. The summed E-state index contributed by atoms with van der Waals surface area (Å²) in [6.07, 6.45) is 5.10. The van der Waals surface area contributed by atoms with Gasteiger partial charge in [-0.25, -0.2) is 5.10 Å². The number of aromatic nitrogens is 2. The molecule has 23 heavy (non-hydrogen) atoms. The van der Waals surface area contributed by atoms with Crippen molar-refractivity contribution in [3.8, 4) is 17.0 Å². The fraction of sp³-hybridized carbons (Fsp3) is 0.444. The van der Waals surface area contributed by atoms with E-state index in [2.05, 4.69) is 22.1 Å². The number of H-pyrrole nitrogens is 1. The molecule has 1 saturated carbocycles. The van der Waals surface area contributed by atoms with E-state index in [0.29, 0.717) is 0 Å². The highest BCUT2D eigenvalue weighted by Gasteiger charge is 2.21. The lowest BCUT2D eigenvalue weighted by atomic mass is 9.92. The zero-order chi connectivity index (χ0) is 16.1. The lowest BCUT2D eigenvalue weighted by Gasteiger charge is -2.34. The third kappa shape index (κ3) is 4.20. The first kappa shape index (κ1) is 15.7. The van der Waals surface area contributed by atoms with Gasteiger partial charge in [0, 0.05) is 24.2 Å². The normalized spacial score (nSPS) is 14.7. The Hall–Kier alpha value is -2.14. The van der Waals surface area contributed by atoms with Gasteiger partial charge in [-0.2, -0.15) is 5.10 Å². The second-order valence-electron chi connectivity index (χ2n) is 6.10. The van der Waals surface area contributed by atoms with E-state index in [4.69, 9.17) is 4.74 Å². The molecule has 0 bridgehead atoms. The summed E-state index contributed by atoms with van der Waals surface area (Å²) < 4.78 is 5.79. The van der Waals surface area contributed by atoms with Crippen molar-refractivity contribution in [2.24, 2.45) is 0 Å². The Morgan fingerprint density at radius 2 is 2.00 bits per heavy atom. The van der Waals surface area contributed by atoms with E-state index >= 15 is 0 Å². The zero-order valence-electron chi connectivity index (χ0n) is 13.5. The van der Waals surface area contributed by atoms with Gasteiger partial charge in [0.05, 0.1) is 12.3 Å². The summed E-state index contributed by atoms with van der Waals surface area (Å²) in [6.45, 7) is 1.82. The molecule has 0 unspecified atom stereocenters. The maximum atomic E-state index is 11.0. The van der Waals surface area contributed by atoms with Crippen LogP contribution in [-0.2, 0) is 0 Å². The summed E-state index contributed by atoms with van der Waals surface area (Å²) in [5, 5.41) is 6.46. The van der Waals surface area contributed by atoms with E-state index in [1.807, 2.05) is 24.3 Å². The molecule has 1 aliphatic rings. The predicted octanol–water partition coefficient (Wildman–Crippen LogP) is 2.69. The second kappa shape index (κ2) is 7.42. The van der Waals surface area contributed by atoms with Gasteiger partial charge in [0.1, 0.15) is 5.75 Å². The Bertz CT molecular complexity index is 657. The van der Waals surface area contributed by atoms with Crippen LogP contribution >= 0.6 is 0 Å². The highest BCUT2D eigenvalue weighted by Crippen LogP contribution is 2.23. The lowest BCUT2D eigenvalue weighted by Crippen LogP contribution is -2.38. The van der Waals surface area contributed by atoms with Crippen molar-refractivity contribution in [2.75, 3.05) is 20.2 Å². The highest BCUT2D eigenvalue weighted by atomic mass is 16.5. The molecule has 0 spiro atoms. The first-order chi connectivity index (χ1) is 11.2. The number of hydrogen-bond donors (Lipinski definition) is 1. The molecular formula is C18H23N3O2. The van der Waals surface area contributed by atoms with Crippen LogP contribution in [0.4, 0.5) is 0 Å². The Morgan fingerprint density at radius 3 is 2.61 bits per heavy atom. The van der Waals surface area contributed by atoms with Crippen LogP contribution in [0.15, 0.2) is 41.2 Å². The van der Waals surface area contributed by atoms with Crippen molar-refractivity contribution in [2.45, 2.75) is 31.7 Å². The van der Waals surface area contributed by atoms with Crippen LogP contribution < -0.4 is 10.3 Å². The van der Waals surface area contributed by atoms with Gasteiger partial charge in [0.15, 0.2) is 0 Å². The Labute approximate surface area is 136 Å². The van der Waals surface area contributed by atoms with E-state index in [9.17, 15) is 4.79 Å². The molecule has 5 nitrogen and oxygen atoms in total. The van der Waals surface area contributed by atoms with E-state index in [0.717, 1.165) is 42.6 Å². The monoisotopic (exact) mass is 313 g/mol. The quantitative estimate of drug-likeness (QED) is 0.799. The molecule has 1 aliphatic carbocycles. The van der Waals surface area contributed by atoms with Crippen LogP contribution in [0.5, 0.6) is 5.75 Å². The molecule has 1 N–H and O–H groups in total. The van der Waals surface area contributed by atoms with Crippen molar-refractivity contribution in [3.63, 3.8) is 0 Å². The van der Waals surface area contributed by atoms with Crippen LogP contribution in [0.25, 0.3) is 11.3 Å². The summed E-state index contributed by atoms with van der Waals surface area (Å²) in [4.78, 5) is 13.5. The number of rotatable bonds is 7. The first-order valence-corrected chi connectivity index (χ1v) is 8.21. The van der Waals surface area contributed by atoms with Crippen LogP contribution in [0, 0.1) is 0 Å². The number of ether oxygens (including phenoxy) is 1. The van der Waals surface area contributed by atoms with E-state index in [1.54, 1.807) is 6.07 Å². The molecule has 1 fully saturated rings.